The van der Waals surface area contributed by atoms with Gasteiger partial charge in [-0.2, -0.15) is 5.10 Å². The SMILES string of the molecule is Cc1oc2ccc(OCc3ncn(C)n3)c(C3(CO)CCOCC3)c2c1C(N)=O. The third-order valence-corrected chi connectivity index (χ3v) is 5.53. The highest BCUT2D eigenvalue weighted by atomic mass is 16.5. The first kappa shape index (κ1) is 19.4. The molecule has 0 saturated carbocycles. The van der Waals surface area contributed by atoms with Crippen molar-refractivity contribution in [3.63, 3.8) is 0 Å². The van der Waals surface area contributed by atoms with Gasteiger partial charge < -0.3 is 24.7 Å². The predicted octanol–water partition coefficient (Wildman–Crippen LogP) is 1.59. The molecule has 0 atom stereocenters. The lowest BCUT2D eigenvalue weighted by atomic mass is 9.72. The van der Waals surface area contributed by atoms with Gasteiger partial charge in [0.1, 0.15) is 30.0 Å². The summed E-state index contributed by atoms with van der Waals surface area (Å²) in [5, 5.41) is 15.2. The topological polar surface area (TPSA) is 126 Å². The van der Waals surface area contributed by atoms with Crippen LogP contribution < -0.4 is 10.5 Å². The van der Waals surface area contributed by atoms with Crippen molar-refractivity contribution in [2.45, 2.75) is 31.8 Å². The van der Waals surface area contributed by atoms with Gasteiger partial charge in [0.05, 0.1) is 12.2 Å². The number of aliphatic hydroxyl groups is 1. The van der Waals surface area contributed by atoms with Gasteiger partial charge in [-0.1, -0.05) is 0 Å². The summed E-state index contributed by atoms with van der Waals surface area (Å²) in [5.41, 5.74) is 6.62. The molecule has 1 aliphatic rings. The van der Waals surface area contributed by atoms with E-state index in [0.29, 0.717) is 59.9 Å². The van der Waals surface area contributed by atoms with Crippen molar-refractivity contribution in [1.82, 2.24) is 14.8 Å². The number of furan rings is 1. The van der Waals surface area contributed by atoms with Crippen molar-refractivity contribution < 1.29 is 23.8 Å². The van der Waals surface area contributed by atoms with Gasteiger partial charge in [0.2, 0.25) is 0 Å². The molecule has 0 spiro atoms. The molecule has 4 rings (SSSR count). The van der Waals surface area contributed by atoms with E-state index in [1.54, 1.807) is 37.1 Å². The first-order chi connectivity index (χ1) is 13.9. The third kappa shape index (κ3) is 3.36. The largest absolute Gasteiger partial charge is 0.485 e. The lowest BCUT2D eigenvalue weighted by molar-refractivity contribution is 0.0246. The van der Waals surface area contributed by atoms with Crippen LogP contribution >= 0.6 is 0 Å². The number of carbonyl (C=O) groups is 1. The zero-order valence-corrected chi connectivity index (χ0v) is 16.5. The molecule has 1 fully saturated rings. The molecule has 3 N–H and O–H groups in total. The minimum absolute atomic E-state index is 0.115. The van der Waals surface area contributed by atoms with Crippen molar-refractivity contribution in [3.8, 4) is 5.75 Å². The molecular weight excluding hydrogens is 376 g/mol. The molecule has 3 aromatic rings. The molecule has 0 aliphatic carbocycles. The number of amides is 1. The number of rotatable bonds is 6. The van der Waals surface area contributed by atoms with Crippen molar-refractivity contribution in [2.75, 3.05) is 19.8 Å². The van der Waals surface area contributed by atoms with E-state index < -0.39 is 11.3 Å². The summed E-state index contributed by atoms with van der Waals surface area (Å²) in [5.74, 6) is 0.940. The monoisotopic (exact) mass is 400 g/mol. The standard InChI is InChI=1S/C20H24N4O5/c1-12-16(19(21)26)17-13(29-12)3-4-14(28-9-15-22-11-24(2)23-15)18(17)20(10-25)5-7-27-8-6-20/h3-4,11,25H,5-10H2,1-2H3,(H2,21,26). The molecule has 0 radical (unpaired) electrons. The number of primary amides is 1. The Hall–Kier alpha value is -2.91. The highest BCUT2D eigenvalue weighted by molar-refractivity contribution is 6.08. The fourth-order valence-electron chi connectivity index (χ4n) is 4.07. The molecule has 9 nitrogen and oxygen atoms in total. The number of hydrogen-bond acceptors (Lipinski definition) is 7. The maximum Gasteiger partial charge on any atom is 0.252 e. The van der Waals surface area contributed by atoms with Crippen LogP contribution in [0.5, 0.6) is 5.75 Å². The molecule has 9 heteroatoms. The Morgan fingerprint density at radius 1 is 1.38 bits per heavy atom. The van der Waals surface area contributed by atoms with E-state index in [1.807, 2.05) is 0 Å². The lowest BCUT2D eigenvalue weighted by Crippen LogP contribution is -2.38. The summed E-state index contributed by atoms with van der Waals surface area (Å²) in [6, 6.07) is 3.55. The van der Waals surface area contributed by atoms with E-state index in [-0.39, 0.29) is 13.2 Å². The van der Waals surface area contributed by atoms with Gasteiger partial charge in [-0.15, -0.1) is 0 Å². The summed E-state index contributed by atoms with van der Waals surface area (Å²) in [4.78, 5) is 16.4. The van der Waals surface area contributed by atoms with Crippen LogP contribution in [0, 0.1) is 6.92 Å². The van der Waals surface area contributed by atoms with E-state index in [9.17, 15) is 9.90 Å². The Kier molecular flexibility index (Phi) is 5.01. The van der Waals surface area contributed by atoms with Crippen LogP contribution in [0.15, 0.2) is 22.9 Å². The molecule has 0 bridgehead atoms. The number of hydrogen-bond donors (Lipinski definition) is 2. The number of aliphatic hydroxyl groups excluding tert-OH is 1. The smallest absolute Gasteiger partial charge is 0.252 e. The van der Waals surface area contributed by atoms with Crippen LogP contribution in [0.4, 0.5) is 0 Å². The Labute approximate surface area is 167 Å². The molecule has 2 aromatic heterocycles. The number of nitrogens with zero attached hydrogens (tertiary/aromatic N) is 3. The predicted molar refractivity (Wildman–Crippen MR) is 104 cm³/mol. The fraction of sp³-hybridized carbons (Fsp3) is 0.450. The molecular formula is C20H24N4O5. The number of fused-ring (bicyclic) bond motifs is 1. The second-order valence-corrected chi connectivity index (χ2v) is 7.38. The average Bonchev–Trinajstić information content (AvgIpc) is 3.28. The molecule has 154 valence electrons. The summed E-state index contributed by atoms with van der Waals surface area (Å²) < 4.78 is 19.0. The van der Waals surface area contributed by atoms with Crippen molar-refractivity contribution >= 4 is 16.9 Å². The van der Waals surface area contributed by atoms with Crippen molar-refractivity contribution in [1.29, 1.82) is 0 Å². The minimum Gasteiger partial charge on any atom is -0.485 e. The quantitative estimate of drug-likeness (QED) is 0.643. The fourth-order valence-corrected chi connectivity index (χ4v) is 4.07. The number of aryl methyl sites for hydroxylation is 2. The number of benzene rings is 1. The van der Waals surface area contributed by atoms with Crippen LogP contribution in [-0.2, 0) is 23.8 Å². The van der Waals surface area contributed by atoms with Gasteiger partial charge in [0.15, 0.2) is 5.82 Å². The van der Waals surface area contributed by atoms with Crippen molar-refractivity contribution in [3.05, 3.63) is 41.2 Å². The van der Waals surface area contributed by atoms with E-state index in [2.05, 4.69) is 10.1 Å². The molecule has 29 heavy (non-hydrogen) atoms. The van der Waals surface area contributed by atoms with Gasteiger partial charge in [-0.3, -0.25) is 9.48 Å². The Morgan fingerprint density at radius 2 is 2.14 bits per heavy atom. The second-order valence-electron chi connectivity index (χ2n) is 7.38. The molecule has 0 unspecified atom stereocenters. The van der Waals surface area contributed by atoms with Crippen LogP contribution in [-0.4, -0.2) is 45.6 Å². The first-order valence-electron chi connectivity index (χ1n) is 9.47. The molecule has 1 aliphatic heterocycles. The minimum atomic E-state index is -0.634. The summed E-state index contributed by atoms with van der Waals surface area (Å²) in [6.45, 7) is 2.75. The number of nitrogens with two attached hydrogens (primary N) is 1. The van der Waals surface area contributed by atoms with E-state index in [4.69, 9.17) is 19.6 Å². The Bertz CT molecular complexity index is 1050. The van der Waals surface area contributed by atoms with Gasteiger partial charge in [0.25, 0.3) is 5.91 Å². The van der Waals surface area contributed by atoms with Crippen LogP contribution in [0.2, 0.25) is 0 Å². The summed E-state index contributed by atoms with van der Waals surface area (Å²) in [6.07, 6.45) is 2.77. The van der Waals surface area contributed by atoms with Gasteiger partial charge >= 0.3 is 0 Å². The molecule has 3 heterocycles. The van der Waals surface area contributed by atoms with Gasteiger partial charge in [-0.05, 0) is 31.9 Å². The highest BCUT2D eigenvalue weighted by Crippen LogP contribution is 2.46. The normalized spacial score (nSPS) is 16.2. The van der Waals surface area contributed by atoms with Crippen LogP contribution in [0.1, 0.15) is 40.3 Å². The number of carbonyl (C=O) groups excluding carboxylic acids is 1. The first-order valence-corrected chi connectivity index (χ1v) is 9.47. The molecule has 1 amide bonds. The Morgan fingerprint density at radius 3 is 2.76 bits per heavy atom. The summed E-state index contributed by atoms with van der Waals surface area (Å²) in [7, 11) is 1.78. The maximum absolute atomic E-state index is 12.2. The lowest BCUT2D eigenvalue weighted by Gasteiger charge is -2.37. The summed E-state index contributed by atoms with van der Waals surface area (Å²) >= 11 is 0. The third-order valence-electron chi connectivity index (χ3n) is 5.53. The van der Waals surface area contributed by atoms with E-state index in [1.165, 1.54) is 0 Å². The maximum atomic E-state index is 12.2. The molecule has 1 aromatic carbocycles. The van der Waals surface area contributed by atoms with E-state index in [0.717, 1.165) is 5.56 Å². The van der Waals surface area contributed by atoms with Gasteiger partial charge in [0, 0.05) is 36.6 Å². The average molecular weight is 400 g/mol. The number of aromatic nitrogens is 3. The Balaban J connectivity index is 1.90. The zero-order valence-electron chi connectivity index (χ0n) is 16.5. The van der Waals surface area contributed by atoms with E-state index >= 15 is 0 Å². The second kappa shape index (κ2) is 7.49. The zero-order chi connectivity index (χ0) is 20.6. The number of ether oxygens (including phenoxy) is 2. The van der Waals surface area contributed by atoms with Crippen molar-refractivity contribution in [2.24, 2.45) is 12.8 Å². The van der Waals surface area contributed by atoms with Gasteiger partial charge in [-0.25, -0.2) is 4.98 Å². The molecule has 1 saturated heterocycles. The van der Waals surface area contributed by atoms with Crippen LogP contribution in [0.3, 0.4) is 0 Å². The highest BCUT2D eigenvalue weighted by Gasteiger charge is 2.40. The van der Waals surface area contributed by atoms with Crippen LogP contribution in [0.25, 0.3) is 11.0 Å².